The van der Waals surface area contributed by atoms with Crippen LogP contribution in [0.5, 0.6) is 5.75 Å². The molecule has 20 heavy (non-hydrogen) atoms. The Hall–Kier alpha value is -2.01. The van der Waals surface area contributed by atoms with Crippen LogP contribution in [0.4, 0.5) is 13.2 Å². The first-order valence-electron chi connectivity index (χ1n) is 5.91. The highest BCUT2D eigenvalue weighted by atomic mass is 19.1. The molecule has 0 bridgehead atoms. The van der Waals surface area contributed by atoms with Gasteiger partial charge in [0.1, 0.15) is 29.3 Å². The number of aliphatic hydroxyl groups is 1. The fraction of sp³-hybridized carbons (Fsp3) is 0.200. The van der Waals surface area contributed by atoms with Crippen LogP contribution in [0.1, 0.15) is 22.8 Å². The van der Waals surface area contributed by atoms with Crippen molar-refractivity contribution in [3.8, 4) is 5.75 Å². The zero-order valence-electron chi connectivity index (χ0n) is 11.0. The molecule has 106 valence electrons. The van der Waals surface area contributed by atoms with Crippen molar-refractivity contribution < 1.29 is 23.0 Å². The Morgan fingerprint density at radius 1 is 1.05 bits per heavy atom. The Balaban J connectivity index is 2.57. The molecule has 0 amide bonds. The number of methoxy groups -OCH3 is 1. The first-order chi connectivity index (χ1) is 9.43. The summed E-state index contributed by atoms with van der Waals surface area (Å²) in [5, 5.41) is 10.2. The van der Waals surface area contributed by atoms with Crippen molar-refractivity contribution in [2.45, 2.75) is 13.0 Å². The van der Waals surface area contributed by atoms with E-state index in [1.807, 2.05) is 0 Å². The zero-order chi connectivity index (χ0) is 14.9. The van der Waals surface area contributed by atoms with Gasteiger partial charge in [0.05, 0.1) is 12.7 Å². The first kappa shape index (κ1) is 14.4. The molecule has 2 aromatic rings. The lowest BCUT2D eigenvalue weighted by Gasteiger charge is -2.17. The molecule has 0 saturated heterocycles. The van der Waals surface area contributed by atoms with Crippen molar-refractivity contribution in [1.82, 2.24) is 0 Å². The van der Waals surface area contributed by atoms with Gasteiger partial charge in [0, 0.05) is 17.7 Å². The Morgan fingerprint density at radius 2 is 1.65 bits per heavy atom. The summed E-state index contributed by atoms with van der Waals surface area (Å²) >= 11 is 0. The highest BCUT2D eigenvalue weighted by Gasteiger charge is 2.23. The molecule has 1 unspecified atom stereocenters. The number of hydrogen-bond donors (Lipinski definition) is 1. The van der Waals surface area contributed by atoms with Crippen molar-refractivity contribution >= 4 is 0 Å². The van der Waals surface area contributed by atoms with Crippen LogP contribution in [0, 0.1) is 24.4 Å². The van der Waals surface area contributed by atoms with Gasteiger partial charge in [-0.25, -0.2) is 13.2 Å². The average Bonchev–Trinajstić information content (AvgIpc) is 2.37. The minimum atomic E-state index is -1.58. The van der Waals surface area contributed by atoms with Gasteiger partial charge in [0.15, 0.2) is 0 Å². The molecule has 1 atom stereocenters. The summed E-state index contributed by atoms with van der Waals surface area (Å²) in [6.45, 7) is 1.77. The molecule has 1 N–H and O–H groups in total. The highest BCUT2D eigenvalue weighted by molar-refractivity contribution is 5.43. The summed E-state index contributed by atoms with van der Waals surface area (Å²) in [4.78, 5) is 0. The monoisotopic (exact) mass is 282 g/mol. The highest BCUT2D eigenvalue weighted by Crippen LogP contribution is 2.33. The molecular formula is C15H13F3O2. The van der Waals surface area contributed by atoms with Gasteiger partial charge in [-0.3, -0.25) is 0 Å². The number of halogens is 3. The summed E-state index contributed by atoms with van der Waals surface area (Å²) in [5.41, 5.74) is 0.412. The van der Waals surface area contributed by atoms with Crippen LogP contribution < -0.4 is 4.74 Å². The van der Waals surface area contributed by atoms with Crippen LogP contribution in [-0.4, -0.2) is 12.2 Å². The summed E-state index contributed by atoms with van der Waals surface area (Å²) < 4.78 is 45.4. The third-order valence-electron chi connectivity index (χ3n) is 3.00. The molecule has 0 aliphatic heterocycles. The van der Waals surface area contributed by atoms with Gasteiger partial charge in [-0.2, -0.15) is 0 Å². The second kappa shape index (κ2) is 5.54. The molecule has 0 spiro atoms. The fourth-order valence-corrected chi connectivity index (χ4v) is 2.04. The van der Waals surface area contributed by atoms with E-state index in [2.05, 4.69) is 0 Å². The van der Waals surface area contributed by atoms with Crippen molar-refractivity contribution in [2.24, 2.45) is 0 Å². The van der Waals surface area contributed by atoms with Crippen LogP contribution >= 0.6 is 0 Å². The second-order valence-electron chi connectivity index (χ2n) is 4.43. The van der Waals surface area contributed by atoms with E-state index in [1.54, 1.807) is 25.1 Å². The van der Waals surface area contributed by atoms with E-state index in [9.17, 15) is 18.3 Å². The van der Waals surface area contributed by atoms with Gasteiger partial charge in [-0.1, -0.05) is 11.6 Å². The van der Waals surface area contributed by atoms with E-state index in [0.717, 1.165) is 5.56 Å². The van der Waals surface area contributed by atoms with Crippen LogP contribution in [0.25, 0.3) is 0 Å². The summed E-state index contributed by atoms with van der Waals surface area (Å²) in [6, 6.07) is 5.96. The lowest BCUT2D eigenvalue weighted by Crippen LogP contribution is -2.08. The summed E-state index contributed by atoms with van der Waals surface area (Å²) in [5.74, 6) is -3.02. The van der Waals surface area contributed by atoms with E-state index in [4.69, 9.17) is 4.74 Å². The third-order valence-corrected chi connectivity index (χ3v) is 3.00. The molecule has 0 aliphatic rings. The van der Waals surface area contributed by atoms with Crippen molar-refractivity contribution in [1.29, 1.82) is 0 Å². The Kier molecular flexibility index (Phi) is 3.99. The van der Waals surface area contributed by atoms with Crippen molar-refractivity contribution in [2.75, 3.05) is 7.11 Å². The first-order valence-corrected chi connectivity index (χ1v) is 5.91. The third kappa shape index (κ3) is 2.63. The Labute approximate surface area is 114 Å². The molecule has 2 rings (SSSR count). The van der Waals surface area contributed by atoms with Gasteiger partial charge in [-0.05, 0) is 19.1 Å². The van der Waals surface area contributed by atoms with Gasteiger partial charge in [0.2, 0.25) is 0 Å². The van der Waals surface area contributed by atoms with Gasteiger partial charge in [0.25, 0.3) is 0 Å². The van der Waals surface area contributed by atoms with E-state index in [-0.39, 0.29) is 5.56 Å². The number of rotatable bonds is 3. The fourth-order valence-electron chi connectivity index (χ4n) is 2.04. The molecule has 0 saturated carbocycles. The number of aryl methyl sites for hydroxylation is 1. The topological polar surface area (TPSA) is 29.5 Å². The van der Waals surface area contributed by atoms with Crippen LogP contribution in [0.3, 0.4) is 0 Å². The second-order valence-corrected chi connectivity index (χ2v) is 4.43. The molecule has 0 radical (unpaired) electrons. The number of hydrogen-bond acceptors (Lipinski definition) is 2. The average molecular weight is 282 g/mol. The van der Waals surface area contributed by atoms with E-state index in [0.29, 0.717) is 17.9 Å². The van der Waals surface area contributed by atoms with Crippen LogP contribution in [0.2, 0.25) is 0 Å². The Bertz CT molecular complexity index is 618. The molecule has 0 aromatic heterocycles. The lowest BCUT2D eigenvalue weighted by atomic mass is 9.98. The molecule has 2 aromatic carbocycles. The van der Waals surface area contributed by atoms with E-state index < -0.39 is 29.1 Å². The molecule has 0 fully saturated rings. The maximum atomic E-state index is 13.7. The normalized spacial score (nSPS) is 12.3. The van der Waals surface area contributed by atoms with Crippen LogP contribution in [-0.2, 0) is 0 Å². The predicted molar refractivity (Wildman–Crippen MR) is 68.1 cm³/mol. The van der Waals surface area contributed by atoms with Gasteiger partial charge < -0.3 is 9.84 Å². The summed E-state index contributed by atoms with van der Waals surface area (Å²) in [6.07, 6.45) is -1.58. The van der Waals surface area contributed by atoms with Gasteiger partial charge in [-0.15, -0.1) is 0 Å². The minimum Gasteiger partial charge on any atom is -0.496 e. The largest absolute Gasteiger partial charge is 0.496 e. The molecule has 0 aliphatic carbocycles. The standard InChI is InChI=1S/C15H13F3O2/c1-8-3-4-13(20-2)10(5-8)15(19)14-11(17)6-9(16)7-12(14)18/h3-7,15,19H,1-2H3. The van der Waals surface area contributed by atoms with Gasteiger partial charge >= 0.3 is 0 Å². The number of ether oxygens (including phenoxy) is 1. The minimum absolute atomic E-state index is 0.219. The smallest absolute Gasteiger partial charge is 0.135 e. The molecule has 0 heterocycles. The predicted octanol–water partition coefficient (Wildman–Crippen LogP) is 3.50. The number of aliphatic hydroxyl groups excluding tert-OH is 1. The number of benzene rings is 2. The van der Waals surface area contributed by atoms with E-state index >= 15 is 0 Å². The van der Waals surface area contributed by atoms with E-state index in [1.165, 1.54) is 7.11 Å². The summed E-state index contributed by atoms with van der Waals surface area (Å²) in [7, 11) is 1.39. The molecule has 5 heteroatoms. The van der Waals surface area contributed by atoms with Crippen molar-refractivity contribution in [3.05, 3.63) is 64.5 Å². The molecular weight excluding hydrogens is 269 g/mol. The van der Waals surface area contributed by atoms with Crippen molar-refractivity contribution in [3.63, 3.8) is 0 Å². The SMILES string of the molecule is COc1ccc(C)cc1C(O)c1c(F)cc(F)cc1F. The maximum Gasteiger partial charge on any atom is 0.135 e. The molecule has 2 nitrogen and oxygen atoms in total. The Morgan fingerprint density at radius 3 is 2.20 bits per heavy atom. The zero-order valence-corrected chi connectivity index (χ0v) is 11.0. The van der Waals surface area contributed by atoms with Crippen LogP contribution in [0.15, 0.2) is 30.3 Å². The lowest BCUT2D eigenvalue weighted by molar-refractivity contribution is 0.203. The quantitative estimate of drug-likeness (QED) is 0.933. The maximum absolute atomic E-state index is 13.7.